The van der Waals surface area contributed by atoms with Crippen molar-refractivity contribution in [2.75, 3.05) is 80.3 Å². The second-order valence-corrected chi connectivity index (χ2v) is 11.3. The van der Waals surface area contributed by atoms with Gasteiger partial charge < -0.3 is 37.9 Å². The van der Waals surface area contributed by atoms with Crippen LogP contribution in [0, 0.1) is 5.92 Å². The zero-order chi connectivity index (χ0) is 32.9. The maximum atomic E-state index is 13.0. The molecule has 0 heterocycles. The molecule has 1 aliphatic carbocycles. The van der Waals surface area contributed by atoms with Crippen LogP contribution < -0.4 is 9.47 Å². The smallest absolute Gasteiger partial charge is 0.337 e. The third-order valence-corrected chi connectivity index (χ3v) is 7.44. The minimum absolute atomic E-state index is 0.0792. The summed E-state index contributed by atoms with van der Waals surface area (Å²) in [5.41, 5.74) is 3.79. The van der Waals surface area contributed by atoms with Crippen LogP contribution in [0.4, 0.5) is 0 Å². The first-order valence-electron chi connectivity index (χ1n) is 16.0. The average Bonchev–Trinajstić information content (AvgIpc) is 3.00. The molecule has 2 unspecified atom stereocenters. The second-order valence-electron chi connectivity index (χ2n) is 11.3. The summed E-state index contributed by atoms with van der Waals surface area (Å²) in [6.07, 6.45) is 7.81. The van der Waals surface area contributed by atoms with Gasteiger partial charge in [-0.2, -0.15) is 0 Å². The zero-order valence-electron chi connectivity index (χ0n) is 28.0. The molecular formula is C35H54O10. The first-order chi connectivity index (χ1) is 21.8. The Kier molecular flexibility index (Phi) is 19.6. The van der Waals surface area contributed by atoms with Gasteiger partial charge in [-0.1, -0.05) is 43.6 Å². The molecule has 2 atom stereocenters. The number of carbonyl (C=O) groups is 2. The van der Waals surface area contributed by atoms with E-state index in [-0.39, 0.29) is 38.3 Å². The lowest BCUT2D eigenvalue weighted by atomic mass is 9.73. The summed E-state index contributed by atoms with van der Waals surface area (Å²) in [6, 6.07) is 3.80. The molecule has 0 spiro atoms. The van der Waals surface area contributed by atoms with Crippen molar-refractivity contribution in [3.05, 3.63) is 47.1 Å². The fraction of sp³-hybridized carbons (Fsp3) is 0.657. The number of allylic oxidation sites excluding steroid dienone is 3. The van der Waals surface area contributed by atoms with Gasteiger partial charge in [0.2, 0.25) is 0 Å². The molecule has 0 amide bonds. The molecule has 10 heteroatoms. The summed E-state index contributed by atoms with van der Waals surface area (Å²) >= 11 is 0. The minimum Gasteiger partial charge on any atom is -0.424 e. The number of aryl methyl sites for hydroxylation is 1. The highest BCUT2D eigenvalue weighted by molar-refractivity contribution is 5.77. The number of unbranched alkanes of at least 4 members (excludes halogenated alkanes) is 2. The van der Waals surface area contributed by atoms with E-state index in [0.717, 1.165) is 49.7 Å². The van der Waals surface area contributed by atoms with E-state index < -0.39 is 11.9 Å². The Morgan fingerprint density at radius 2 is 1.31 bits per heavy atom. The monoisotopic (exact) mass is 634 g/mol. The lowest BCUT2D eigenvalue weighted by molar-refractivity contribution is -0.140. The van der Waals surface area contributed by atoms with Gasteiger partial charge in [0.1, 0.15) is 24.7 Å². The number of carbonyl (C=O) groups excluding carboxylic acids is 2. The van der Waals surface area contributed by atoms with Crippen LogP contribution in [0.1, 0.15) is 69.9 Å². The Morgan fingerprint density at radius 1 is 0.800 bits per heavy atom. The van der Waals surface area contributed by atoms with Gasteiger partial charge in [0, 0.05) is 25.7 Å². The van der Waals surface area contributed by atoms with Crippen LogP contribution in [0.25, 0.3) is 0 Å². The standard InChI is InChI=1S/C35H54O10/c1-7-8-9-10-28-22-31(44-33(36)24-42-19-17-40-15-13-38-5)35(30-21-27(4)11-12-29(30)26(2)3)32(23-28)45-34(37)25-43-20-18-41-16-14-39-6/h21-23,29-30H,2,7-20,24-25H2,1,3-6H3. The van der Waals surface area contributed by atoms with Crippen LogP contribution in [0.15, 0.2) is 35.9 Å². The Labute approximate surface area is 269 Å². The van der Waals surface area contributed by atoms with Crippen LogP contribution in [0.5, 0.6) is 11.5 Å². The van der Waals surface area contributed by atoms with Gasteiger partial charge in [0.25, 0.3) is 0 Å². The largest absolute Gasteiger partial charge is 0.424 e. The lowest BCUT2D eigenvalue weighted by Gasteiger charge is -2.32. The summed E-state index contributed by atoms with van der Waals surface area (Å²) in [4.78, 5) is 26.1. The van der Waals surface area contributed by atoms with E-state index in [9.17, 15) is 9.59 Å². The number of hydrogen-bond acceptors (Lipinski definition) is 10. The van der Waals surface area contributed by atoms with Gasteiger partial charge in [0.05, 0.1) is 52.9 Å². The lowest BCUT2D eigenvalue weighted by Crippen LogP contribution is -2.23. The van der Waals surface area contributed by atoms with E-state index in [4.69, 9.17) is 37.9 Å². The molecule has 0 saturated heterocycles. The van der Waals surface area contributed by atoms with Crippen LogP contribution in [-0.2, 0) is 44.4 Å². The molecule has 0 bridgehead atoms. The maximum Gasteiger partial charge on any atom is 0.337 e. The van der Waals surface area contributed by atoms with Crippen LogP contribution in [0.3, 0.4) is 0 Å². The Balaban J connectivity index is 2.33. The molecule has 10 nitrogen and oxygen atoms in total. The fourth-order valence-electron chi connectivity index (χ4n) is 5.12. The molecule has 2 rings (SSSR count). The van der Waals surface area contributed by atoms with E-state index in [2.05, 4.69) is 26.5 Å². The number of methoxy groups -OCH3 is 2. The van der Waals surface area contributed by atoms with E-state index >= 15 is 0 Å². The summed E-state index contributed by atoms with van der Waals surface area (Å²) in [5.74, 6) is -0.474. The summed E-state index contributed by atoms with van der Waals surface area (Å²) in [7, 11) is 3.21. The van der Waals surface area contributed by atoms with E-state index in [1.165, 1.54) is 5.57 Å². The third kappa shape index (κ3) is 15.0. The minimum atomic E-state index is -0.545. The van der Waals surface area contributed by atoms with Crippen molar-refractivity contribution in [1.29, 1.82) is 0 Å². The van der Waals surface area contributed by atoms with E-state index in [1.54, 1.807) is 14.2 Å². The van der Waals surface area contributed by atoms with Crippen molar-refractivity contribution in [3.63, 3.8) is 0 Å². The van der Waals surface area contributed by atoms with E-state index in [1.807, 2.05) is 19.1 Å². The topological polar surface area (TPSA) is 108 Å². The molecule has 0 saturated carbocycles. The molecule has 1 aliphatic rings. The Hall–Kier alpha value is -2.60. The number of ether oxygens (including phenoxy) is 8. The van der Waals surface area contributed by atoms with Gasteiger partial charge in [-0.15, -0.1) is 0 Å². The van der Waals surface area contributed by atoms with Crippen molar-refractivity contribution in [2.24, 2.45) is 5.92 Å². The van der Waals surface area contributed by atoms with Gasteiger partial charge in [-0.05, 0) is 63.1 Å². The van der Waals surface area contributed by atoms with Crippen LogP contribution in [-0.4, -0.2) is 92.2 Å². The van der Waals surface area contributed by atoms with Gasteiger partial charge in [0.15, 0.2) is 0 Å². The first-order valence-corrected chi connectivity index (χ1v) is 16.0. The fourth-order valence-corrected chi connectivity index (χ4v) is 5.12. The van der Waals surface area contributed by atoms with Crippen molar-refractivity contribution >= 4 is 11.9 Å². The van der Waals surface area contributed by atoms with Gasteiger partial charge in [-0.3, -0.25) is 0 Å². The van der Waals surface area contributed by atoms with Crippen molar-refractivity contribution in [1.82, 2.24) is 0 Å². The predicted molar refractivity (Wildman–Crippen MR) is 172 cm³/mol. The second kappa shape index (κ2) is 22.8. The van der Waals surface area contributed by atoms with Crippen molar-refractivity contribution in [2.45, 2.75) is 65.2 Å². The molecule has 254 valence electrons. The SMILES string of the molecule is C=C(C)C1CCC(C)=CC1c1c(OC(=O)COCCOCCOC)cc(CCCCC)cc1OC(=O)COCCOCCOC. The molecule has 1 aromatic rings. The Morgan fingerprint density at radius 3 is 1.80 bits per heavy atom. The molecule has 0 N–H and O–H groups in total. The molecular weight excluding hydrogens is 580 g/mol. The number of hydrogen-bond donors (Lipinski definition) is 0. The molecule has 45 heavy (non-hydrogen) atoms. The quantitative estimate of drug-likeness (QED) is 0.0617. The summed E-state index contributed by atoms with van der Waals surface area (Å²) in [5, 5.41) is 0. The number of benzene rings is 1. The predicted octanol–water partition coefficient (Wildman–Crippen LogP) is 5.61. The highest BCUT2D eigenvalue weighted by atomic mass is 16.6. The van der Waals surface area contributed by atoms with Crippen molar-refractivity contribution in [3.8, 4) is 11.5 Å². The summed E-state index contributed by atoms with van der Waals surface area (Å²) in [6.45, 7) is 13.0. The van der Waals surface area contributed by atoms with Crippen molar-refractivity contribution < 1.29 is 47.5 Å². The Bertz CT molecular complexity index is 1010. The molecule has 0 radical (unpaired) electrons. The normalized spacial score (nSPS) is 16.3. The zero-order valence-corrected chi connectivity index (χ0v) is 28.0. The molecule has 0 fully saturated rings. The summed E-state index contributed by atoms with van der Waals surface area (Å²) < 4.78 is 43.7. The van der Waals surface area contributed by atoms with Crippen LogP contribution in [0.2, 0.25) is 0 Å². The molecule has 0 aromatic heterocycles. The highest BCUT2D eigenvalue weighted by Crippen LogP contribution is 2.47. The highest BCUT2D eigenvalue weighted by Gasteiger charge is 2.32. The number of rotatable bonds is 24. The molecule has 1 aromatic carbocycles. The third-order valence-electron chi connectivity index (χ3n) is 7.44. The van der Waals surface area contributed by atoms with E-state index in [0.29, 0.717) is 56.7 Å². The van der Waals surface area contributed by atoms with Crippen LogP contribution >= 0.6 is 0 Å². The first kappa shape index (κ1) is 38.6. The van der Waals surface area contributed by atoms with Gasteiger partial charge >= 0.3 is 11.9 Å². The average molecular weight is 635 g/mol. The number of esters is 2. The maximum absolute atomic E-state index is 13.0. The van der Waals surface area contributed by atoms with Gasteiger partial charge in [-0.25, -0.2) is 9.59 Å². The molecule has 0 aliphatic heterocycles.